The van der Waals surface area contributed by atoms with Crippen molar-refractivity contribution in [3.8, 4) is 0 Å². The predicted molar refractivity (Wildman–Crippen MR) is 124 cm³/mol. The lowest BCUT2D eigenvalue weighted by Gasteiger charge is -2.16. The van der Waals surface area contributed by atoms with Gasteiger partial charge in [-0.15, -0.1) is 11.3 Å². The van der Waals surface area contributed by atoms with Gasteiger partial charge in [-0.3, -0.25) is 19.5 Å². The summed E-state index contributed by atoms with van der Waals surface area (Å²) in [6, 6.07) is 9.06. The zero-order valence-corrected chi connectivity index (χ0v) is 18.9. The van der Waals surface area contributed by atoms with E-state index in [-0.39, 0.29) is 5.56 Å². The van der Waals surface area contributed by atoms with E-state index in [1.807, 2.05) is 30.3 Å². The third-order valence-electron chi connectivity index (χ3n) is 5.40. The number of fused-ring (bicyclic) bond motifs is 3. The second-order valence-corrected chi connectivity index (χ2v) is 9.98. The Bertz CT molecular complexity index is 1190. The summed E-state index contributed by atoms with van der Waals surface area (Å²) in [5.41, 5.74) is 7.29. The molecular formula is C22H24N4O3S2. The summed E-state index contributed by atoms with van der Waals surface area (Å²) < 4.78 is 1.68. The van der Waals surface area contributed by atoms with Crippen LogP contribution in [0.5, 0.6) is 0 Å². The Morgan fingerprint density at radius 2 is 2.00 bits per heavy atom. The van der Waals surface area contributed by atoms with Gasteiger partial charge in [0.25, 0.3) is 5.56 Å². The standard InChI is InChI=1S/C22H24N4O3S2/c1-13(18(27)24-21(23)29)30-22-25-19-17(15-9-5-6-10-16(15)31-19)20(28)26(22)12-11-14-7-3-2-4-8-14/h2-4,7-8,13H,5-6,9-12H2,1H3,(H3,23,24,27,29). The molecule has 1 aliphatic carbocycles. The van der Waals surface area contributed by atoms with Gasteiger partial charge in [0.05, 0.1) is 10.6 Å². The fourth-order valence-corrected chi connectivity index (χ4v) is 6.06. The number of aryl methyl sites for hydroxylation is 3. The van der Waals surface area contributed by atoms with Gasteiger partial charge in [0.1, 0.15) is 4.83 Å². The average Bonchev–Trinajstić information content (AvgIpc) is 3.12. The molecule has 1 atom stereocenters. The lowest BCUT2D eigenvalue weighted by molar-refractivity contribution is -0.119. The first-order valence-electron chi connectivity index (χ1n) is 10.3. The topological polar surface area (TPSA) is 107 Å². The van der Waals surface area contributed by atoms with E-state index in [1.165, 1.54) is 16.6 Å². The average molecular weight is 457 g/mol. The van der Waals surface area contributed by atoms with Gasteiger partial charge in [-0.05, 0) is 50.2 Å². The summed E-state index contributed by atoms with van der Waals surface area (Å²) in [6.07, 6.45) is 4.79. The molecule has 0 saturated carbocycles. The summed E-state index contributed by atoms with van der Waals surface area (Å²) in [6.45, 7) is 2.13. The normalized spacial score (nSPS) is 14.2. The number of carbonyl (C=O) groups is 2. The molecule has 2 heterocycles. The number of hydrogen-bond acceptors (Lipinski definition) is 6. The van der Waals surface area contributed by atoms with Crippen LogP contribution >= 0.6 is 23.1 Å². The number of primary amides is 1. The number of rotatable bonds is 6. The van der Waals surface area contributed by atoms with E-state index in [9.17, 15) is 14.4 Å². The van der Waals surface area contributed by atoms with Crippen LogP contribution in [0.1, 0.15) is 35.8 Å². The maximum atomic E-state index is 13.6. The van der Waals surface area contributed by atoms with Crippen LogP contribution in [-0.2, 0) is 30.6 Å². The first-order chi connectivity index (χ1) is 14.9. The molecule has 1 aliphatic rings. The number of benzene rings is 1. The van der Waals surface area contributed by atoms with Gasteiger partial charge in [-0.25, -0.2) is 9.78 Å². The minimum Gasteiger partial charge on any atom is -0.351 e. The molecule has 1 unspecified atom stereocenters. The van der Waals surface area contributed by atoms with Crippen LogP contribution in [0.15, 0.2) is 40.3 Å². The van der Waals surface area contributed by atoms with Crippen LogP contribution in [0.4, 0.5) is 4.79 Å². The number of imide groups is 1. The number of aromatic nitrogens is 2. The molecule has 3 amide bonds. The minimum absolute atomic E-state index is 0.0506. The number of hydrogen-bond donors (Lipinski definition) is 2. The first kappa shape index (κ1) is 21.6. The fourth-order valence-electron chi connectivity index (χ4n) is 3.83. The number of urea groups is 1. The van der Waals surface area contributed by atoms with Crippen molar-refractivity contribution in [1.29, 1.82) is 0 Å². The molecule has 3 N–H and O–H groups in total. The summed E-state index contributed by atoms with van der Waals surface area (Å²) >= 11 is 2.75. The molecule has 0 radical (unpaired) electrons. The van der Waals surface area contributed by atoms with E-state index in [2.05, 4.69) is 5.32 Å². The number of nitrogens with one attached hydrogen (secondary N) is 1. The van der Waals surface area contributed by atoms with Crippen LogP contribution in [0.25, 0.3) is 10.2 Å². The molecular weight excluding hydrogens is 432 g/mol. The molecule has 7 nitrogen and oxygen atoms in total. The van der Waals surface area contributed by atoms with Crippen molar-refractivity contribution in [3.63, 3.8) is 0 Å². The summed E-state index contributed by atoms with van der Waals surface area (Å²) in [7, 11) is 0. The third-order valence-corrected chi connectivity index (χ3v) is 7.68. The Balaban J connectivity index is 1.74. The lowest BCUT2D eigenvalue weighted by Crippen LogP contribution is -2.39. The van der Waals surface area contributed by atoms with Crippen LogP contribution in [0, 0.1) is 0 Å². The Morgan fingerprint density at radius 1 is 1.26 bits per heavy atom. The van der Waals surface area contributed by atoms with E-state index in [0.717, 1.165) is 47.0 Å². The Labute approximate surface area is 188 Å². The molecule has 9 heteroatoms. The number of nitrogens with zero attached hydrogens (tertiary/aromatic N) is 2. The van der Waals surface area contributed by atoms with Crippen molar-refractivity contribution in [2.45, 2.75) is 56.0 Å². The van der Waals surface area contributed by atoms with Crippen molar-refractivity contribution in [1.82, 2.24) is 14.9 Å². The predicted octanol–water partition coefficient (Wildman–Crippen LogP) is 3.26. The highest BCUT2D eigenvalue weighted by Gasteiger charge is 2.24. The Kier molecular flexibility index (Phi) is 6.43. The van der Waals surface area contributed by atoms with Gasteiger partial charge < -0.3 is 5.73 Å². The largest absolute Gasteiger partial charge is 0.351 e. The van der Waals surface area contributed by atoms with Crippen LogP contribution in [0.3, 0.4) is 0 Å². The maximum absolute atomic E-state index is 13.6. The van der Waals surface area contributed by atoms with E-state index in [4.69, 9.17) is 10.7 Å². The number of nitrogens with two attached hydrogens (primary N) is 1. The zero-order chi connectivity index (χ0) is 22.0. The smallest absolute Gasteiger partial charge is 0.318 e. The van der Waals surface area contributed by atoms with Crippen molar-refractivity contribution in [2.75, 3.05) is 0 Å². The van der Waals surface area contributed by atoms with Gasteiger partial charge in [0.2, 0.25) is 5.91 Å². The van der Waals surface area contributed by atoms with E-state index < -0.39 is 17.2 Å². The highest BCUT2D eigenvalue weighted by molar-refractivity contribution is 8.00. The second kappa shape index (κ2) is 9.23. The summed E-state index contributed by atoms with van der Waals surface area (Å²) in [5, 5.41) is 2.68. The molecule has 1 aromatic carbocycles. The quantitative estimate of drug-likeness (QED) is 0.437. The van der Waals surface area contributed by atoms with Crippen LogP contribution < -0.4 is 16.6 Å². The van der Waals surface area contributed by atoms with Crippen molar-refractivity contribution >= 4 is 45.3 Å². The monoisotopic (exact) mass is 456 g/mol. The molecule has 31 heavy (non-hydrogen) atoms. The molecule has 3 aromatic rings. The Morgan fingerprint density at radius 3 is 2.74 bits per heavy atom. The SMILES string of the molecule is CC(Sc1nc2sc3c(c2c(=O)n1CCc1ccccc1)CCCC3)C(=O)NC(N)=O. The first-order valence-corrected chi connectivity index (χ1v) is 12.0. The number of carbonyl (C=O) groups excluding carboxylic acids is 2. The highest BCUT2D eigenvalue weighted by Crippen LogP contribution is 2.35. The molecule has 162 valence electrons. The number of amides is 3. The van der Waals surface area contributed by atoms with E-state index in [0.29, 0.717) is 18.1 Å². The van der Waals surface area contributed by atoms with Crippen LogP contribution in [0.2, 0.25) is 0 Å². The molecule has 0 fully saturated rings. The minimum atomic E-state index is -0.895. The van der Waals surface area contributed by atoms with Crippen LogP contribution in [-0.4, -0.2) is 26.7 Å². The molecule has 0 spiro atoms. The van der Waals surface area contributed by atoms with Gasteiger partial charge >= 0.3 is 6.03 Å². The van der Waals surface area contributed by atoms with E-state index in [1.54, 1.807) is 22.8 Å². The van der Waals surface area contributed by atoms with Crippen molar-refractivity contribution in [3.05, 3.63) is 56.7 Å². The molecule has 2 aromatic heterocycles. The number of thiophene rings is 1. The van der Waals surface area contributed by atoms with E-state index >= 15 is 0 Å². The third kappa shape index (κ3) is 4.67. The van der Waals surface area contributed by atoms with Gasteiger partial charge in [0, 0.05) is 11.4 Å². The van der Waals surface area contributed by atoms with Crippen molar-refractivity contribution < 1.29 is 9.59 Å². The van der Waals surface area contributed by atoms with Gasteiger partial charge in [-0.1, -0.05) is 42.1 Å². The van der Waals surface area contributed by atoms with Gasteiger partial charge in [-0.2, -0.15) is 0 Å². The fraction of sp³-hybridized carbons (Fsp3) is 0.364. The van der Waals surface area contributed by atoms with Gasteiger partial charge in [0.15, 0.2) is 5.16 Å². The summed E-state index contributed by atoms with van der Waals surface area (Å²) in [4.78, 5) is 43.6. The second-order valence-electron chi connectivity index (χ2n) is 7.59. The summed E-state index contributed by atoms with van der Waals surface area (Å²) in [5.74, 6) is -0.507. The lowest BCUT2D eigenvalue weighted by atomic mass is 9.97. The molecule has 0 saturated heterocycles. The maximum Gasteiger partial charge on any atom is 0.318 e. The highest BCUT2D eigenvalue weighted by atomic mass is 32.2. The molecule has 4 rings (SSSR count). The molecule has 0 bridgehead atoms. The molecule has 0 aliphatic heterocycles. The number of thioether (sulfide) groups is 1. The zero-order valence-electron chi connectivity index (χ0n) is 17.2. The van der Waals surface area contributed by atoms with Crippen molar-refractivity contribution in [2.24, 2.45) is 5.73 Å². The Hall–Kier alpha value is -2.65.